The molecule has 154 valence electrons. The van der Waals surface area contributed by atoms with E-state index in [-0.39, 0.29) is 11.7 Å². The Balaban J connectivity index is 1.62. The van der Waals surface area contributed by atoms with E-state index in [4.69, 9.17) is 17.0 Å². The summed E-state index contributed by atoms with van der Waals surface area (Å²) in [5.41, 5.74) is 3.80. The number of para-hydroxylation sites is 1. The number of hydrogen-bond acceptors (Lipinski definition) is 6. The number of nitrogens with one attached hydrogen (secondary N) is 2. The maximum Gasteiger partial charge on any atom is 0.277 e. The Morgan fingerprint density at radius 3 is 2.67 bits per heavy atom. The highest BCUT2D eigenvalue weighted by molar-refractivity contribution is 14.1. The first-order valence-electron chi connectivity index (χ1n) is 8.81. The van der Waals surface area contributed by atoms with Crippen LogP contribution in [-0.2, 0) is 14.4 Å². The smallest absolute Gasteiger partial charge is 0.277 e. The first-order chi connectivity index (χ1) is 14.4. The number of amides is 3. The van der Waals surface area contributed by atoms with Gasteiger partial charge in [0.05, 0.1) is 9.26 Å². The van der Waals surface area contributed by atoms with Crippen molar-refractivity contribution in [2.75, 3.05) is 11.5 Å². The van der Waals surface area contributed by atoms with E-state index >= 15 is 0 Å². The highest BCUT2D eigenvalue weighted by Crippen LogP contribution is 2.21. The van der Waals surface area contributed by atoms with E-state index in [0.29, 0.717) is 11.4 Å². The molecule has 0 aliphatic carbocycles. The van der Waals surface area contributed by atoms with Crippen molar-refractivity contribution >= 4 is 69.5 Å². The van der Waals surface area contributed by atoms with Crippen molar-refractivity contribution < 1.29 is 19.1 Å². The minimum absolute atomic E-state index is 0.00611. The number of rotatable bonds is 6. The number of halogens is 1. The topological polar surface area (TPSA) is 100 Å². The Labute approximate surface area is 191 Å². The molecule has 1 saturated heterocycles. The summed E-state index contributed by atoms with van der Waals surface area (Å²) in [5, 5.41) is 6.22. The molecular formula is C20H17IN4O4S. The lowest BCUT2D eigenvalue weighted by molar-refractivity contribution is -0.130. The lowest BCUT2D eigenvalue weighted by atomic mass is 10.1. The van der Waals surface area contributed by atoms with Gasteiger partial charge in [0.15, 0.2) is 17.6 Å². The fourth-order valence-electron chi connectivity index (χ4n) is 2.58. The fourth-order valence-corrected chi connectivity index (χ4v) is 3.42. The Bertz CT molecular complexity index is 1030. The first kappa shape index (κ1) is 21.8. The minimum Gasteiger partial charge on any atom is -0.483 e. The largest absolute Gasteiger partial charge is 0.483 e. The molecular weight excluding hydrogens is 519 g/mol. The van der Waals surface area contributed by atoms with Crippen LogP contribution in [0.3, 0.4) is 0 Å². The van der Waals surface area contributed by atoms with Crippen molar-refractivity contribution in [2.24, 2.45) is 11.0 Å². The third-order valence-electron chi connectivity index (χ3n) is 4.10. The Kier molecular flexibility index (Phi) is 7.11. The van der Waals surface area contributed by atoms with Crippen LogP contribution < -0.4 is 20.4 Å². The summed E-state index contributed by atoms with van der Waals surface area (Å²) in [6, 6.07) is 14.4. The highest BCUT2D eigenvalue weighted by atomic mass is 127. The molecule has 0 radical (unpaired) electrons. The molecule has 10 heteroatoms. The van der Waals surface area contributed by atoms with Gasteiger partial charge in [-0.05, 0) is 66.0 Å². The highest BCUT2D eigenvalue weighted by Gasteiger charge is 2.38. The maximum absolute atomic E-state index is 12.8. The molecule has 1 atom stereocenters. The molecule has 3 amide bonds. The van der Waals surface area contributed by atoms with E-state index in [1.807, 2.05) is 31.2 Å². The van der Waals surface area contributed by atoms with Crippen molar-refractivity contribution in [1.82, 2.24) is 10.7 Å². The second-order valence-electron chi connectivity index (χ2n) is 6.31. The number of hydrogen-bond donors (Lipinski definition) is 2. The van der Waals surface area contributed by atoms with Crippen LogP contribution in [0.2, 0.25) is 0 Å². The molecule has 8 nitrogen and oxygen atoms in total. The van der Waals surface area contributed by atoms with Gasteiger partial charge in [-0.1, -0.05) is 29.8 Å². The van der Waals surface area contributed by atoms with Gasteiger partial charge >= 0.3 is 0 Å². The van der Waals surface area contributed by atoms with Crippen molar-refractivity contribution in [3.8, 4) is 5.75 Å². The van der Waals surface area contributed by atoms with Crippen LogP contribution in [0.1, 0.15) is 5.56 Å². The number of thiocarbonyl (C=S) groups is 1. The van der Waals surface area contributed by atoms with Gasteiger partial charge in [-0.3, -0.25) is 19.3 Å². The summed E-state index contributed by atoms with van der Waals surface area (Å²) in [5.74, 6) is -2.35. The molecule has 1 aliphatic rings. The van der Waals surface area contributed by atoms with Gasteiger partial charge in [0.2, 0.25) is 5.91 Å². The van der Waals surface area contributed by atoms with Gasteiger partial charge in [-0.25, -0.2) is 5.43 Å². The van der Waals surface area contributed by atoms with E-state index in [9.17, 15) is 14.4 Å². The van der Waals surface area contributed by atoms with Crippen LogP contribution in [-0.4, -0.2) is 35.7 Å². The van der Waals surface area contributed by atoms with Crippen molar-refractivity contribution in [3.05, 3.63) is 57.7 Å². The summed E-state index contributed by atoms with van der Waals surface area (Å²) in [4.78, 5) is 38.2. The SMILES string of the molecule is Cc1ccc(N2C(=O)[C@@H](/C=N\NC(=O)COc3ccccc3I)C(=O)NC2=S)cc1. The summed E-state index contributed by atoms with van der Waals surface area (Å²) in [7, 11) is 0. The van der Waals surface area contributed by atoms with Crippen LogP contribution in [0.25, 0.3) is 0 Å². The molecule has 2 aromatic rings. The zero-order valence-electron chi connectivity index (χ0n) is 15.8. The van der Waals surface area contributed by atoms with Crippen LogP contribution in [0.4, 0.5) is 5.69 Å². The summed E-state index contributed by atoms with van der Waals surface area (Å²) < 4.78 is 6.28. The van der Waals surface area contributed by atoms with Crippen LogP contribution in [0, 0.1) is 16.4 Å². The molecule has 0 unspecified atom stereocenters. The standard InChI is InChI=1S/C20H17IN4O4S/c1-12-6-8-13(9-7-12)25-19(28)14(18(27)23-20(25)30)10-22-24-17(26)11-29-16-5-3-2-4-15(16)21/h2-10,14H,11H2,1H3,(H,24,26)(H,23,27,30)/b22-10-/t14-/m0/s1. The van der Waals surface area contributed by atoms with Crippen LogP contribution in [0.15, 0.2) is 53.6 Å². The molecule has 1 fully saturated rings. The van der Waals surface area contributed by atoms with Crippen molar-refractivity contribution in [2.45, 2.75) is 6.92 Å². The monoisotopic (exact) mass is 536 g/mol. The minimum atomic E-state index is -1.23. The number of aryl methyl sites for hydroxylation is 1. The molecule has 30 heavy (non-hydrogen) atoms. The zero-order valence-corrected chi connectivity index (χ0v) is 18.8. The third kappa shape index (κ3) is 5.19. The van der Waals surface area contributed by atoms with Gasteiger partial charge in [0, 0.05) is 6.21 Å². The third-order valence-corrected chi connectivity index (χ3v) is 5.28. The predicted octanol–water partition coefficient (Wildman–Crippen LogP) is 2.14. The van der Waals surface area contributed by atoms with Gasteiger partial charge in [-0.15, -0.1) is 0 Å². The number of carbonyl (C=O) groups is 3. The summed E-state index contributed by atoms with van der Waals surface area (Å²) >= 11 is 7.23. The molecule has 3 rings (SSSR count). The molecule has 0 aromatic heterocycles. The number of nitrogens with zero attached hydrogens (tertiary/aromatic N) is 2. The van der Waals surface area contributed by atoms with Gasteiger partial charge in [0.1, 0.15) is 5.75 Å². The van der Waals surface area contributed by atoms with Gasteiger partial charge in [-0.2, -0.15) is 5.10 Å². The molecule has 0 bridgehead atoms. The number of benzene rings is 2. The normalized spacial score (nSPS) is 16.5. The van der Waals surface area contributed by atoms with E-state index in [1.165, 1.54) is 4.90 Å². The van der Waals surface area contributed by atoms with Crippen LogP contribution in [0.5, 0.6) is 5.75 Å². The number of ether oxygens (including phenoxy) is 1. The summed E-state index contributed by atoms with van der Waals surface area (Å²) in [6.45, 7) is 1.66. The molecule has 1 heterocycles. The van der Waals surface area contributed by atoms with Gasteiger partial charge < -0.3 is 10.1 Å². The molecule has 2 aromatic carbocycles. The fraction of sp³-hybridized carbons (Fsp3) is 0.150. The maximum atomic E-state index is 12.8. The van der Waals surface area contributed by atoms with E-state index < -0.39 is 23.6 Å². The lowest BCUT2D eigenvalue weighted by Gasteiger charge is -2.30. The Morgan fingerprint density at radius 2 is 1.97 bits per heavy atom. The number of carbonyl (C=O) groups excluding carboxylic acids is 3. The predicted molar refractivity (Wildman–Crippen MR) is 124 cm³/mol. The first-order valence-corrected chi connectivity index (χ1v) is 10.3. The zero-order chi connectivity index (χ0) is 21.7. The average molecular weight is 536 g/mol. The van der Waals surface area contributed by atoms with Crippen molar-refractivity contribution in [3.63, 3.8) is 0 Å². The second-order valence-corrected chi connectivity index (χ2v) is 7.86. The van der Waals surface area contributed by atoms with Crippen LogP contribution >= 0.6 is 34.8 Å². The molecule has 0 spiro atoms. The number of hydrazone groups is 1. The molecule has 2 N–H and O–H groups in total. The molecule has 0 saturated carbocycles. The Hall–Kier alpha value is -2.86. The van der Waals surface area contributed by atoms with E-state index in [2.05, 4.69) is 38.4 Å². The second kappa shape index (κ2) is 9.76. The molecule has 1 aliphatic heterocycles. The van der Waals surface area contributed by atoms with Crippen molar-refractivity contribution in [1.29, 1.82) is 0 Å². The number of anilines is 1. The van der Waals surface area contributed by atoms with E-state index in [1.54, 1.807) is 24.3 Å². The Morgan fingerprint density at radius 1 is 1.27 bits per heavy atom. The summed E-state index contributed by atoms with van der Waals surface area (Å²) in [6.07, 6.45) is 1.07. The lowest BCUT2D eigenvalue weighted by Crippen LogP contribution is -2.58. The quantitative estimate of drug-likeness (QED) is 0.194. The van der Waals surface area contributed by atoms with Gasteiger partial charge in [0.25, 0.3) is 11.8 Å². The van der Waals surface area contributed by atoms with E-state index in [0.717, 1.165) is 15.3 Å². The average Bonchev–Trinajstić information content (AvgIpc) is 2.71.